The molecule has 0 spiro atoms. The zero-order chi connectivity index (χ0) is 11.1. The Kier molecular flexibility index (Phi) is 5.61. The van der Waals surface area contributed by atoms with Crippen LogP contribution in [0.5, 0.6) is 0 Å². The largest absolute Gasteiger partial charge is 0.294 e. The Morgan fingerprint density at radius 3 is 2.60 bits per heavy atom. The minimum atomic E-state index is 0.251. The van der Waals surface area contributed by atoms with Crippen molar-refractivity contribution in [1.29, 1.82) is 0 Å². The molecule has 1 aromatic rings. The second kappa shape index (κ2) is 6.77. The smallest absolute Gasteiger partial charge is 0.168 e. The number of hydrogen-bond donors (Lipinski definition) is 0. The molecule has 1 aromatic carbocycles. The van der Waals surface area contributed by atoms with E-state index >= 15 is 0 Å². The number of Topliss-reactive ketones (excluding diaryl/α,β-unsaturated/α-hetero) is 1. The Labute approximate surface area is 105 Å². The molecule has 1 nitrogen and oxygen atoms in total. The average Bonchev–Trinajstić information content (AvgIpc) is 2.27. The third kappa shape index (κ3) is 4.60. The second-order valence-electron chi connectivity index (χ2n) is 3.43. The van der Waals surface area contributed by atoms with Crippen molar-refractivity contribution < 1.29 is 4.79 Å². The van der Waals surface area contributed by atoms with Gasteiger partial charge in [0.05, 0.1) is 3.58 Å². The Morgan fingerprint density at radius 1 is 1.33 bits per heavy atom. The van der Waals surface area contributed by atoms with Gasteiger partial charge in [0, 0.05) is 6.42 Å². The Morgan fingerprint density at radius 2 is 2.00 bits per heavy atom. The zero-order valence-electron chi connectivity index (χ0n) is 8.87. The van der Waals surface area contributed by atoms with E-state index in [-0.39, 0.29) is 5.78 Å². The molecule has 0 heterocycles. The number of halogens is 1. The molecule has 0 aliphatic heterocycles. The summed E-state index contributed by atoms with van der Waals surface area (Å²) >= 11 is 2.12. The number of carbonyl (C=O) groups is 1. The highest BCUT2D eigenvalue weighted by atomic mass is 127. The monoisotopic (exact) mass is 314 g/mol. The molecule has 0 fully saturated rings. The van der Waals surface area contributed by atoms with Gasteiger partial charge in [-0.05, 0) is 40.7 Å². The SMILES string of the molecule is CCCCC(=O)/C(I)=C/c1ccccc1. The van der Waals surface area contributed by atoms with Crippen LogP contribution in [0.25, 0.3) is 6.08 Å². The highest BCUT2D eigenvalue weighted by Crippen LogP contribution is 2.16. The van der Waals surface area contributed by atoms with Crippen LogP contribution in [0.15, 0.2) is 33.9 Å². The fraction of sp³-hybridized carbons (Fsp3) is 0.308. The summed E-state index contributed by atoms with van der Waals surface area (Å²) in [5.41, 5.74) is 1.09. The fourth-order valence-electron chi connectivity index (χ4n) is 1.23. The molecule has 0 radical (unpaired) electrons. The minimum absolute atomic E-state index is 0.251. The Bertz CT molecular complexity index is 341. The predicted molar refractivity (Wildman–Crippen MR) is 73.0 cm³/mol. The van der Waals surface area contributed by atoms with Crippen LogP contribution in [-0.4, -0.2) is 5.78 Å². The molecule has 0 unspecified atom stereocenters. The summed E-state index contributed by atoms with van der Waals surface area (Å²) in [6.07, 6.45) is 4.66. The molecular weight excluding hydrogens is 299 g/mol. The fourth-order valence-corrected chi connectivity index (χ4v) is 1.86. The summed E-state index contributed by atoms with van der Waals surface area (Å²) in [7, 11) is 0. The highest BCUT2D eigenvalue weighted by Gasteiger charge is 2.04. The first-order valence-electron chi connectivity index (χ1n) is 5.19. The van der Waals surface area contributed by atoms with E-state index in [0.29, 0.717) is 6.42 Å². The number of allylic oxidation sites excluding steroid dienone is 1. The van der Waals surface area contributed by atoms with Gasteiger partial charge in [0.25, 0.3) is 0 Å². The Balaban J connectivity index is 2.63. The topological polar surface area (TPSA) is 17.1 Å². The van der Waals surface area contributed by atoms with Crippen molar-refractivity contribution in [2.24, 2.45) is 0 Å². The van der Waals surface area contributed by atoms with Crippen molar-refractivity contribution >= 4 is 34.5 Å². The van der Waals surface area contributed by atoms with E-state index in [0.717, 1.165) is 22.0 Å². The summed E-state index contributed by atoms with van der Waals surface area (Å²) in [6, 6.07) is 9.94. The maximum absolute atomic E-state index is 11.6. The standard InChI is InChI=1S/C13H15IO/c1-2-3-9-13(15)12(14)10-11-7-5-4-6-8-11/h4-8,10H,2-3,9H2,1H3/b12-10-. The van der Waals surface area contributed by atoms with E-state index < -0.39 is 0 Å². The molecule has 0 N–H and O–H groups in total. The van der Waals surface area contributed by atoms with Crippen LogP contribution in [0.1, 0.15) is 31.7 Å². The minimum Gasteiger partial charge on any atom is -0.294 e. The third-order valence-corrected chi connectivity index (χ3v) is 3.03. The molecule has 0 atom stereocenters. The van der Waals surface area contributed by atoms with Gasteiger partial charge < -0.3 is 0 Å². The number of ketones is 1. The molecule has 0 amide bonds. The van der Waals surface area contributed by atoms with Crippen LogP contribution in [0.4, 0.5) is 0 Å². The lowest BCUT2D eigenvalue weighted by molar-refractivity contribution is -0.114. The number of hydrogen-bond acceptors (Lipinski definition) is 1. The van der Waals surface area contributed by atoms with Crippen molar-refractivity contribution in [3.63, 3.8) is 0 Å². The van der Waals surface area contributed by atoms with E-state index in [9.17, 15) is 4.79 Å². The summed E-state index contributed by atoms with van der Waals surface area (Å²) in [4.78, 5) is 11.6. The summed E-state index contributed by atoms with van der Waals surface area (Å²) in [5, 5.41) is 0. The van der Waals surface area contributed by atoms with Crippen LogP contribution in [0.2, 0.25) is 0 Å². The zero-order valence-corrected chi connectivity index (χ0v) is 11.0. The molecule has 80 valence electrons. The predicted octanol–water partition coefficient (Wildman–Crippen LogP) is 4.22. The molecule has 0 aliphatic carbocycles. The van der Waals surface area contributed by atoms with Gasteiger partial charge in [-0.1, -0.05) is 43.7 Å². The van der Waals surface area contributed by atoms with E-state index in [1.54, 1.807) is 0 Å². The van der Waals surface area contributed by atoms with E-state index in [2.05, 4.69) is 29.5 Å². The quantitative estimate of drug-likeness (QED) is 0.587. The maximum atomic E-state index is 11.6. The van der Waals surface area contributed by atoms with Crippen molar-refractivity contribution in [3.05, 3.63) is 39.5 Å². The van der Waals surface area contributed by atoms with Gasteiger partial charge in [-0.2, -0.15) is 0 Å². The molecule has 1 rings (SSSR count). The molecule has 0 saturated heterocycles. The van der Waals surface area contributed by atoms with Crippen LogP contribution in [0.3, 0.4) is 0 Å². The summed E-state index contributed by atoms with van der Waals surface area (Å²) in [6.45, 7) is 2.10. The van der Waals surface area contributed by atoms with Gasteiger partial charge in [-0.25, -0.2) is 0 Å². The molecule has 0 bridgehead atoms. The van der Waals surface area contributed by atoms with Crippen molar-refractivity contribution in [2.45, 2.75) is 26.2 Å². The van der Waals surface area contributed by atoms with Crippen LogP contribution >= 0.6 is 22.6 Å². The van der Waals surface area contributed by atoms with Gasteiger partial charge in [0.2, 0.25) is 0 Å². The number of unbranched alkanes of at least 4 members (excludes halogenated alkanes) is 1. The van der Waals surface area contributed by atoms with Crippen LogP contribution < -0.4 is 0 Å². The average molecular weight is 314 g/mol. The number of benzene rings is 1. The lowest BCUT2D eigenvalue weighted by Gasteiger charge is -1.98. The van der Waals surface area contributed by atoms with Crippen LogP contribution in [-0.2, 0) is 4.79 Å². The van der Waals surface area contributed by atoms with E-state index in [1.165, 1.54) is 0 Å². The summed E-state index contributed by atoms with van der Waals surface area (Å²) in [5.74, 6) is 0.251. The van der Waals surface area contributed by atoms with Gasteiger partial charge in [0.1, 0.15) is 0 Å². The summed E-state index contributed by atoms with van der Waals surface area (Å²) < 4.78 is 0.826. The molecule has 0 saturated carbocycles. The van der Waals surface area contributed by atoms with Crippen LogP contribution in [0, 0.1) is 0 Å². The normalized spacial score (nSPS) is 11.5. The third-order valence-electron chi connectivity index (χ3n) is 2.12. The first-order chi connectivity index (χ1) is 7.24. The van der Waals surface area contributed by atoms with Crippen molar-refractivity contribution in [1.82, 2.24) is 0 Å². The van der Waals surface area contributed by atoms with E-state index in [1.807, 2.05) is 36.4 Å². The molecule has 0 aliphatic rings. The number of rotatable bonds is 5. The van der Waals surface area contributed by atoms with E-state index in [4.69, 9.17) is 0 Å². The molecule has 0 aromatic heterocycles. The van der Waals surface area contributed by atoms with Gasteiger partial charge in [0.15, 0.2) is 5.78 Å². The van der Waals surface area contributed by atoms with Gasteiger partial charge in [-0.15, -0.1) is 0 Å². The van der Waals surface area contributed by atoms with Crippen molar-refractivity contribution in [3.8, 4) is 0 Å². The lowest BCUT2D eigenvalue weighted by Crippen LogP contribution is -1.96. The maximum Gasteiger partial charge on any atom is 0.168 e. The van der Waals surface area contributed by atoms with Crippen molar-refractivity contribution in [2.75, 3.05) is 0 Å². The van der Waals surface area contributed by atoms with Gasteiger partial charge >= 0.3 is 0 Å². The first-order valence-corrected chi connectivity index (χ1v) is 6.27. The molecule has 15 heavy (non-hydrogen) atoms. The molecule has 2 heteroatoms. The highest BCUT2D eigenvalue weighted by molar-refractivity contribution is 14.1. The second-order valence-corrected chi connectivity index (χ2v) is 4.59. The Hall–Kier alpha value is -0.640. The lowest BCUT2D eigenvalue weighted by atomic mass is 10.1. The first kappa shape index (κ1) is 12.4. The van der Waals surface area contributed by atoms with Gasteiger partial charge in [-0.3, -0.25) is 4.79 Å². The number of carbonyl (C=O) groups excluding carboxylic acids is 1. The molecular formula is C13H15IO.